The number of carbonyl (C=O) groups excluding carboxylic acids is 1. The molecule has 2 unspecified atom stereocenters. The number of rotatable bonds is 4. The van der Waals surface area contributed by atoms with Gasteiger partial charge >= 0.3 is 0 Å². The highest BCUT2D eigenvalue weighted by Gasteiger charge is 2.27. The second-order valence-electron chi connectivity index (χ2n) is 4.77. The maximum absolute atomic E-state index is 12.2. The van der Waals surface area contributed by atoms with Crippen LogP contribution < -0.4 is 5.32 Å². The Hall–Kier alpha value is -0.870. The first kappa shape index (κ1) is 12.6. The maximum Gasteiger partial charge on any atom is 0.227 e. The van der Waals surface area contributed by atoms with Crippen LogP contribution in [-0.4, -0.2) is 37.0 Å². The van der Waals surface area contributed by atoms with Crippen LogP contribution in [0.4, 0.5) is 0 Å². The minimum absolute atomic E-state index is 0.186. The predicted octanol–water partition coefficient (Wildman–Crippen LogP) is 1.75. The molecular formula is C13H20N2OS. The van der Waals surface area contributed by atoms with Crippen LogP contribution in [0.3, 0.4) is 0 Å². The SMILES string of the molecule is CC(Cc1cccs1)N(C)C(=O)C1CCNC1. The molecule has 1 aliphatic rings. The molecule has 1 saturated heterocycles. The molecule has 0 spiro atoms. The van der Waals surface area contributed by atoms with Crippen LogP contribution in [0, 0.1) is 5.92 Å². The van der Waals surface area contributed by atoms with E-state index in [9.17, 15) is 4.79 Å². The smallest absolute Gasteiger partial charge is 0.227 e. The van der Waals surface area contributed by atoms with E-state index >= 15 is 0 Å². The summed E-state index contributed by atoms with van der Waals surface area (Å²) in [4.78, 5) is 15.5. The molecule has 2 atom stereocenters. The van der Waals surface area contributed by atoms with Gasteiger partial charge in [0.05, 0.1) is 5.92 Å². The van der Waals surface area contributed by atoms with E-state index in [2.05, 4.69) is 29.8 Å². The zero-order valence-corrected chi connectivity index (χ0v) is 11.3. The summed E-state index contributed by atoms with van der Waals surface area (Å²) in [5.74, 6) is 0.477. The van der Waals surface area contributed by atoms with Gasteiger partial charge in [0.1, 0.15) is 0 Å². The molecule has 94 valence electrons. The molecule has 4 heteroatoms. The summed E-state index contributed by atoms with van der Waals surface area (Å²) in [5.41, 5.74) is 0. The Morgan fingerprint density at radius 3 is 3.12 bits per heavy atom. The van der Waals surface area contributed by atoms with Crippen molar-refractivity contribution >= 4 is 17.2 Å². The van der Waals surface area contributed by atoms with E-state index in [1.54, 1.807) is 11.3 Å². The van der Waals surface area contributed by atoms with Crippen LogP contribution in [0.25, 0.3) is 0 Å². The van der Waals surface area contributed by atoms with Crippen molar-refractivity contribution in [3.05, 3.63) is 22.4 Å². The number of amides is 1. The van der Waals surface area contributed by atoms with Crippen molar-refractivity contribution in [1.29, 1.82) is 0 Å². The summed E-state index contributed by atoms with van der Waals surface area (Å²) in [6, 6.07) is 4.48. The summed E-state index contributed by atoms with van der Waals surface area (Å²) < 4.78 is 0. The van der Waals surface area contributed by atoms with Crippen molar-refractivity contribution in [3.8, 4) is 0 Å². The summed E-state index contributed by atoms with van der Waals surface area (Å²) in [7, 11) is 1.93. The molecule has 1 aromatic rings. The van der Waals surface area contributed by atoms with Gasteiger partial charge in [-0.05, 0) is 31.3 Å². The highest BCUT2D eigenvalue weighted by molar-refractivity contribution is 7.09. The van der Waals surface area contributed by atoms with Gasteiger partial charge in [-0.3, -0.25) is 4.79 Å². The highest BCUT2D eigenvalue weighted by Crippen LogP contribution is 2.17. The van der Waals surface area contributed by atoms with Crippen molar-refractivity contribution in [3.63, 3.8) is 0 Å². The van der Waals surface area contributed by atoms with Gasteiger partial charge in [0.2, 0.25) is 5.91 Å². The average molecular weight is 252 g/mol. The monoisotopic (exact) mass is 252 g/mol. The summed E-state index contributed by atoms with van der Waals surface area (Å²) in [5, 5.41) is 5.34. The molecule has 1 fully saturated rings. The number of nitrogens with one attached hydrogen (secondary N) is 1. The molecule has 2 rings (SSSR count). The van der Waals surface area contributed by atoms with Crippen LogP contribution in [0.2, 0.25) is 0 Å². The standard InChI is InChI=1S/C13H20N2OS/c1-10(8-12-4-3-7-17-12)15(2)13(16)11-5-6-14-9-11/h3-4,7,10-11,14H,5-6,8-9H2,1-2H3. The molecule has 0 aliphatic carbocycles. The van der Waals surface area contributed by atoms with Crippen molar-refractivity contribution in [2.75, 3.05) is 20.1 Å². The van der Waals surface area contributed by atoms with Crippen LogP contribution in [0.1, 0.15) is 18.2 Å². The fourth-order valence-corrected chi connectivity index (χ4v) is 3.05. The highest BCUT2D eigenvalue weighted by atomic mass is 32.1. The summed E-state index contributed by atoms with van der Waals surface area (Å²) in [6.45, 7) is 3.94. The predicted molar refractivity (Wildman–Crippen MR) is 71.2 cm³/mol. The zero-order valence-electron chi connectivity index (χ0n) is 10.5. The van der Waals surface area contributed by atoms with Crippen LogP contribution in [-0.2, 0) is 11.2 Å². The zero-order chi connectivity index (χ0) is 12.3. The minimum atomic E-state index is 0.186. The van der Waals surface area contributed by atoms with Gasteiger partial charge in [-0.2, -0.15) is 0 Å². The third kappa shape index (κ3) is 3.07. The molecule has 1 aliphatic heterocycles. The van der Waals surface area contributed by atoms with Crippen LogP contribution >= 0.6 is 11.3 Å². The van der Waals surface area contributed by atoms with Crippen LogP contribution in [0.15, 0.2) is 17.5 Å². The van der Waals surface area contributed by atoms with E-state index in [1.165, 1.54) is 4.88 Å². The Morgan fingerprint density at radius 1 is 1.71 bits per heavy atom. The number of hydrogen-bond donors (Lipinski definition) is 1. The molecule has 1 N–H and O–H groups in total. The van der Waals surface area contributed by atoms with Gasteiger partial charge in [-0.15, -0.1) is 11.3 Å². The van der Waals surface area contributed by atoms with Gasteiger partial charge in [0.15, 0.2) is 0 Å². The van der Waals surface area contributed by atoms with Gasteiger partial charge in [0.25, 0.3) is 0 Å². The van der Waals surface area contributed by atoms with Gasteiger partial charge in [-0.25, -0.2) is 0 Å². The number of hydrogen-bond acceptors (Lipinski definition) is 3. The molecule has 0 bridgehead atoms. The van der Waals surface area contributed by atoms with Gasteiger partial charge < -0.3 is 10.2 Å². The van der Waals surface area contributed by atoms with E-state index in [0.717, 1.165) is 25.9 Å². The second kappa shape index (κ2) is 5.65. The molecule has 17 heavy (non-hydrogen) atoms. The normalized spacial score (nSPS) is 21.4. The van der Waals surface area contributed by atoms with Crippen molar-refractivity contribution in [2.24, 2.45) is 5.92 Å². The van der Waals surface area contributed by atoms with Crippen molar-refractivity contribution < 1.29 is 4.79 Å². The lowest BCUT2D eigenvalue weighted by Gasteiger charge is -2.27. The number of carbonyl (C=O) groups is 1. The molecule has 3 nitrogen and oxygen atoms in total. The molecule has 0 radical (unpaired) electrons. The Bertz CT molecular complexity index is 358. The van der Waals surface area contributed by atoms with E-state index in [-0.39, 0.29) is 12.0 Å². The third-order valence-corrected chi connectivity index (χ3v) is 4.39. The first-order valence-corrected chi connectivity index (χ1v) is 7.06. The Kier molecular flexibility index (Phi) is 4.18. The minimum Gasteiger partial charge on any atom is -0.342 e. The Morgan fingerprint density at radius 2 is 2.53 bits per heavy atom. The first-order chi connectivity index (χ1) is 8.18. The number of thiophene rings is 1. The first-order valence-electron chi connectivity index (χ1n) is 6.18. The lowest BCUT2D eigenvalue weighted by atomic mass is 10.1. The molecular weight excluding hydrogens is 232 g/mol. The largest absolute Gasteiger partial charge is 0.342 e. The Balaban J connectivity index is 1.89. The van der Waals surface area contributed by atoms with Crippen molar-refractivity contribution in [1.82, 2.24) is 10.2 Å². The lowest BCUT2D eigenvalue weighted by molar-refractivity contribution is -0.135. The quantitative estimate of drug-likeness (QED) is 0.885. The van der Waals surface area contributed by atoms with Gasteiger partial charge in [0, 0.05) is 30.9 Å². The summed E-state index contributed by atoms with van der Waals surface area (Å²) >= 11 is 1.76. The van der Waals surface area contributed by atoms with E-state index in [4.69, 9.17) is 0 Å². The van der Waals surface area contributed by atoms with Gasteiger partial charge in [-0.1, -0.05) is 6.07 Å². The Labute approximate surface area is 107 Å². The van der Waals surface area contributed by atoms with E-state index < -0.39 is 0 Å². The molecule has 0 aromatic carbocycles. The summed E-state index contributed by atoms with van der Waals surface area (Å²) in [6.07, 6.45) is 1.94. The van der Waals surface area contributed by atoms with E-state index in [0.29, 0.717) is 5.91 Å². The number of likely N-dealkylation sites (N-methyl/N-ethyl adjacent to an activating group) is 1. The van der Waals surface area contributed by atoms with Crippen LogP contribution in [0.5, 0.6) is 0 Å². The fraction of sp³-hybridized carbons (Fsp3) is 0.615. The molecule has 1 aromatic heterocycles. The average Bonchev–Trinajstić information content (AvgIpc) is 2.99. The molecule has 2 heterocycles. The van der Waals surface area contributed by atoms with E-state index in [1.807, 2.05) is 11.9 Å². The third-order valence-electron chi connectivity index (χ3n) is 3.50. The number of nitrogens with zero attached hydrogens (tertiary/aromatic N) is 1. The molecule has 1 amide bonds. The second-order valence-corrected chi connectivity index (χ2v) is 5.80. The molecule has 0 saturated carbocycles. The maximum atomic E-state index is 12.2. The topological polar surface area (TPSA) is 32.3 Å². The van der Waals surface area contributed by atoms with Crippen molar-refractivity contribution in [2.45, 2.75) is 25.8 Å². The lowest BCUT2D eigenvalue weighted by Crippen LogP contribution is -2.40. The fourth-order valence-electron chi connectivity index (χ4n) is 2.23.